The lowest BCUT2D eigenvalue weighted by Crippen LogP contribution is -2.18. The Balaban J connectivity index is 2.06. The molecular weight excluding hydrogens is 504 g/mol. The van der Waals surface area contributed by atoms with Gasteiger partial charge in [-0.2, -0.15) is 0 Å². The Morgan fingerprint density at radius 1 is 0.692 bits per heavy atom. The number of benzene rings is 2. The van der Waals surface area contributed by atoms with E-state index in [-0.39, 0.29) is 60.5 Å². The molecule has 0 unspecified atom stereocenters. The van der Waals surface area contributed by atoms with Crippen LogP contribution in [0.2, 0.25) is 0 Å². The van der Waals surface area contributed by atoms with E-state index in [4.69, 9.17) is 30.1 Å². The zero-order valence-electron chi connectivity index (χ0n) is 22.5. The second-order valence-corrected chi connectivity index (χ2v) is 8.72. The Kier molecular flexibility index (Phi) is 13.2. The molecule has 10 nitrogen and oxygen atoms in total. The van der Waals surface area contributed by atoms with Gasteiger partial charge in [-0.05, 0) is 31.0 Å². The van der Waals surface area contributed by atoms with Crippen molar-refractivity contribution in [2.24, 2.45) is 5.73 Å². The molecule has 0 saturated heterocycles. The normalized spacial score (nSPS) is 10.4. The SMILES string of the molecule is CCCCOC(=O)COc1ccc(C(=O)CCC(=O)c2ccc(C(=N)N)cc2)cc1OCC(=O)OCCCC. The molecule has 10 heteroatoms. The van der Waals surface area contributed by atoms with Crippen LogP contribution in [0.15, 0.2) is 42.5 Å². The highest BCUT2D eigenvalue weighted by Crippen LogP contribution is 2.29. The van der Waals surface area contributed by atoms with Gasteiger partial charge in [-0.1, -0.05) is 51.0 Å². The van der Waals surface area contributed by atoms with Gasteiger partial charge in [-0.15, -0.1) is 0 Å². The second kappa shape index (κ2) is 16.6. The van der Waals surface area contributed by atoms with Crippen molar-refractivity contribution in [2.45, 2.75) is 52.4 Å². The molecule has 0 radical (unpaired) electrons. The van der Waals surface area contributed by atoms with Crippen molar-refractivity contribution in [3.8, 4) is 11.5 Å². The molecule has 0 aliphatic rings. The summed E-state index contributed by atoms with van der Waals surface area (Å²) in [6.07, 6.45) is 3.13. The lowest BCUT2D eigenvalue weighted by molar-refractivity contribution is -0.147. The molecule has 0 saturated carbocycles. The van der Waals surface area contributed by atoms with Gasteiger partial charge in [0.15, 0.2) is 36.3 Å². The number of nitrogen functional groups attached to an aromatic ring is 1. The average Bonchev–Trinajstić information content (AvgIpc) is 2.94. The van der Waals surface area contributed by atoms with Gasteiger partial charge < -0.3 is 24.7 Å². The van der Waals surface area contributed by atoms with Gasteiger partial charge in [0.25, 0.3) is 0 Å². The summed E-state index contributed by atoms with van der Waals surface area (Å²) in [5, 5.41) is 7.43. The number of hydrogen-bond donors (Lipinski definition) is 2. The monoisotopic (exact) mass is 540 g/mol. The summed E-state index contributed by atoms with van der Waals surface area (Å²) in [6, 6.07) is 10.7. The fourth-order valence-electron chi connectivity index (χ4n) is 3.28. The third-order valence-electron chi connectivity index (χ3n) is 5.58. The first kappa shape index (κ1) is 31.0. The number of rotatable bonds is 18. The Hall–Kier alpha value is -4.21. The van der Waals surface area contributed by atoms with Crippen molar-refractivity contribution >= 4 is 29.3 Å². The van der Waals surface area contributed by atoms with Gasteiger partial charge >= 0.3 is 11.9 Å². The number of ketones is 2. The van der Waals surface area contributed by atoms with Gasteiger partial charge in [0.05, 0.1) is 13.2 Å². The van der Waals surface area contributed by atoms with E-state index in [0.717, 1.165) is 25.7 Å². The van der Waals surface area contributed by atoms with E-state index in [9.17, 15) is 19.2 Å². The molecule has 0 aliphatic heterocycles. The van der Waals surface area contributed by atoms with E-state index in [1.54, 1.807) is 24.3 Å². The predicted octanol–water partition coefficient (Wildman–Crippen LogP) is 4.26. The molecule has 210 valence electrons. The quantitative estimate of drug-likeness (QED) is 0.0927. The number of esters is 2. The van der Waals surface area contributed by atoms with Crippen LogP contribution >= 0.6 is 0 Å². The third kappa shape index (κ3) is 11.0. The van der Waals surface area contributed by atoms with Crippen LogP contribution in [0.5, 0.6) is 11.5 Å². The maximum absolute atomic E-state index is 12.9. The maximum atomic E-state index is 12.9. The highest BCUT2D eigenvalue weighted by Gasteiger charge is 2.17. The molecule has 0 aromatic heterocycles. The molecule has 0 spiro atoms. The van der Waals surface area contributed by atoms with Crippen LogP contribution in [-0.4, -0.2) is 55.8 Å². The average molecular weight is 541 g/mol. The smallest absolute Gasteiger partial charge is 0.344 e. The van der Waals surface area contributed by atoms with Crippen LogP contribution in [0.25, 0.3) is 0 Å². The molecule has 3 N–H and O–H groups in total. The summed E-state index contributed by atoms with van der Waals surface area (Å²) in [5.74, 6) is -1.54. The minimum atomic E-state index is -0.577. The minimum absolute atomic E-state index is 0.0277. The maximum Gasteiger partial charge on any atom is 0.344 e. The number of hydrogen-bond acceptors (Lipinski definition) is 9. The zero-order chi connectivity index (χ0) is 28.6. The van der Waals surface area contributed by atoms with Gasteiger partial charge in [-0.3, -0.25) is 15.0 Å². The van der Waals surface area contributed by atoms with Crippen molar-refractivity contribution in [2.75, 3.05) is 26.4 Å². The largest absolute Gasteiger partial charge is 0.478 e. The number of carbonyl (C=O) groups excluding carboxylic acids is 4. The van der Waals surface area contributed by atoms with Crippen molar-refractivity contribution in [3.05, 3.63) is 59.2 Å². The molecule has 39 heavy (non-hydrogen) atoms. The number of nitrogens with two attached hydrogens (primary N) is 1. The fourth-order valence-corrected chi connectivity index (χ4v) is 3.28. The molecular formula is C29H36N2O8. The summed E-state index contributed by atoms with van der Waals surface area (Å²) in [6.45, 7) is 3.74. The lowest BCUT2D eigenvalue weighted by atomic mass is 10.0. The van der Waals surface area contributed by atoms with Crippen LogP contribution in [0, 0.1) is 5.41 Å². The van der Waals surface area contributed by atoms with Crippen molar-refractivity contribution in [3.63, 3.8) is 0 Å². The topological polar surface area (TPSA) is 155 Å². The van der Waals surface area contributed by atoms with Crippen LogP contribution in [0.3, 0.4) is 0 Å². The molecule has 2 aromatic carbocycles. The van der Waals surface area contributed by atoms with Crippen molar-refractivity contribution in [1.29, 1.82) is 5.41 Å². The molecule has 0 amide bonds. The van der Waals surface area contributed by atoms with E-state index in [2.05, 4.69) is 0 Å². The highest BCUT2D eigenvalue weighted by molar-refractivity contribution is 6.03. The molecule has 0 bridgehead atoms. The van der Waals surface area contributed by atoms with E-state index in [1.165, 1.54) is 18.2 Å². The fraction of sp³-hybridized carbons (Fsp3) is 0.414. The number of amidine groups is 1. The first-order valence-corrected chi connectivity index (χ1v) is 13.0. The Bertz CT molecular complexity index is 1140. The Morgan fingerprint density at radius 2 is 1.15 bits per heavy atom. The number of nitrogens with one attached hydrogen (secondary N) is 1. The summed E-state index contributed by atoms with van der Waals surface area (Å²) in [4.78, 5) is 49.4. The van der Waals surface area contributed by atoms with Gasteiger partial charge in [0, 0.05) is 29.5 Å². The molecule has 2 aromatic rings. The first-order valence-electron chi connectivity index (χ1n) is 13.0. The predicted molar refractivity (Wildman–Crippen MR) is 145 cm³/mol. The second-order valence-electron chi connectivity index (χ2n) is 8.72. The number of carbonyl (C=O) groups is 4. The molecule has 0 heterocycles. The van der Waals surface area contributed by atoms with Crippen LogP contribution in [-0.2, 0) is 19.1 Å². The summed E-state index contributed by atoms with van der Waals surface area (Å²) in [7, 11) is 0. The van der Waals surface area contributed by atoms with E-state index >= 15 is 0 Å². The van der Waals surface area contributed by atoms with E-state index in [0.29, 0.717) is 17.7 Å². The standard InChI is InChI=1S/C29H36N2O8/c1-3-5-15-36-27(34)18-38-25-14-11-22(17-26(25)39-19-28(35)37-16-6-4-2)24(33)13-12-23(32)20-7-9-21(10-8-20)29(30)31/h7-11,14,17H,3-6,12-13,15-16,18-19H2,1-2H3,(H3,30,31). The Morgan fingerprint density at radius 3 is 1.67 bits per heavy atom. The van der Waals surface area contributed by atoms with Crippen LogP contribution < -0.4 is 15.2 Å². The summed E-state index contributed by atoms with van der Waals surface area (Å²) in [5.41, 5.74) is 6.60. The van der Waals surface area contributed by atoms with Crippen LogP contribution in [0.1, 0.15) is 78.7 Å². The summed E-state index contributed by atoms with van der Waals surface area (Å²) >= 11 is 0. The minimum Gasteiger partial charge on any atom is -0.478 e. The number of Topliss-reactive ketones (excluding diaryl/α,β-unsaturated/α-hetero) is 2. The number of ether oxygens (including phenoxy) is 4. The van der Waals surface area contributed by atoms with Crippen LogP contribution in [0.4, 0.5) is 0 Å². The molecule has 0 aliphatic carbocycles. The third-order valence-corrected chi connectivity index (χ3v) is 5.58. The first-order chi connectivity index (χ1) is 18.7. The molecule has 0 fully saturated rings. The molecule has 0 atom stereocenters. The van der Waals surface area contributed by atoms with Gasteiger partial charge in [0.1, 0.15) is 5.84 Å². The van der Waals surface area contributed by atoms with Crippen molar-refractivity contribution < 1.29 is 38.1 Å². The van der Waals surface area contributed by atoms with Gasteiger partial charge in [-0.25, -0.2) is 9.59 Å². The van der Waals surface area contributed by atoms with E-state index < -0.39 is 18.5 Å². The highest BCUT2D eigenvalue weighted by atomic mass is 16.6. The zero-order valence-corrected chi connectivity index (χ0v) is 22.5. The van der Waals surface area contributed by atoms with E-state index in [1.807, 2.05) is 13.8 Å². The van der Waals surface area contributed by atoms with Crippen molar-refractivity contribution in [1.82, 2.24) is 0 Å². The Labute approximate surface area is 228 Å². The lowest BCUT2D eigenvalue weighted by Gasteiger charge is -2.14. The number of unbranched alkanes of at least 4 members (excludes halogenated alkanes) is 2. The van der Waals surface area contributed by atoms with Gasteiger partial charge in [0.2, 0.25) is 0 Å². The molecule has 2 rings (SSSR count). The summed E-state index contributed by atoms with van der Waals surface area (Å²) < 4.78 is 21.3.